The zero-order valence-corrected chi connectivity index (χ0v) is 15.9. The van der Waals surface area contributed by atoms with Gasteiger partial charge in [0.15, 0.2) is 0 Å². The van der Waals surface area contributed by atoms with Crippen molar-refractivity contribution in [3.63, 3.8) is 0 Å². The third-order valence-electron chi connectivity index (χ3n) is 4.31. The molecular formula is C22H15F3N4O2. The molecule has 0 bridgehead atoms. The Morgan fingerprint density at radius 3 is 2.48 bits per heavy atom. The molecule has 1 amide bonds. The van der Waals surface area contributed by atoms with E-state index in [0.717, 1.165) is 17.8 Å². The van der Waals surface area contributed by atoms with E-state index < -0.39 is 11.7 Å². The third-order valence-corrected chi connectivity index (χ3v) is 4.31. The van der Waals surface area contributed by atoms with Gasteiger partial charge in [0.05, 0.1) is 11.9 Å². The number of alkyl halides is 3. The first-order valence-electron chi connectivity index (χ1n) is 9.09. The second-order valence-electron chi connectivity index (χ2n) is 6.48. The van der Waals surface area contributed by atoms with Crippen LogP contribution in [0, 0.1) is 0 Å². The number of benzene rings is 2. The van der Waals surface area contributed by atoms with Gasteiger partial charge >= 0.3 is 6.18 Å². The van der Waals surface area contributed by atoms with E-state index in [1.807, 2.05) is 22.8 Å². The van der Waals surface area contributed by atoms with E-state index >= 15 is 0 Å². The van der Waals surface area contributed by atoms with Gasteiger partial charge in [0.25, 0.3) is 5.91 Å². The van der Waals surface area contributed by atoms with Gasteiger partial charge in [0, 0.05) is 41.6 Å². The molecule has 4 aromatic rings. The van der Waals surface area contributed by atoms with E-state index in [9.17, 15) is 18.0 Å². The van der Waals surface area contributed by atoms with Crippen molar-refractivity contribution in [3.8, 4) is 17.3 Å². The monoisotopic (exact) mass is 424 g/mol. The summed E-state index contributed by atoms with van der Waals surface area (Å²) in [7, 11) is 0. The van der Waals surface area contributed by atoms with Crippen molar-refractivity contribution in [2.75, 3.05) is 5.32 Å². The molecule has 0 aliphatic heterocycles. The lowest BCUT2D eigenvalue weighted by molar-refractivity contribution is -0.137. The SMILES string of the molecule is O=C(Nc1cccc(-n2ccnc2)c1)c1ccc(Oc2ccc(C(F)(F)F)cn2)cc1. The zero-order valence-electron chi connectivity index (χ0n) is 15.9. The standard InChI is InChI=1S/C22H15F3N4O2/c23-22(24,25)16-6-9-20(27-13-16)31-19-7-4-15(5-8-19)21(30)28-17-2-1-3-18(12-17)29-11-10-26-14-29/h1-14H,(H,28,30). The summed E-state index contributed by atoms with van der Waals surface area (Å²) in [6.45, 7) is 0. The molecule has 0 atom stereocenters. The second-order valence-corrected chi connectivity index (χ2v) is 6.48. The first-order chi connectivity index (χ1) is 14.9. The van der Waals surface area contributed by atoms with Crippen molar-refractivity contribution in [2.24, 2.45) is 0 Å². The van der Waals surface area contributed by atoms with E-state index in [4.69, 9.17) is 4.74 Å². The van der Waals surface area contributed by atoms with Gasteiger partial charge in [-0.15, -0.1) is 0 Å². The van der Waals surface area contributed by atoms with Crippen LogP contribution in [0.4, 0.5) is 18.9 Å². The molecule has 0 saturated heterocycles. The van der Waals surface area contributed by atoms with Crippen LogP contribution in [-0.2, 0) is 6.18 Å². The largest absolute Gasteiger partial charge is 0.439 e. The molecule has 1 N–H and O–H groups in total. The summed E-state index contributed by atoms with van der Waals surface area (Å²) >= 11 is 0. The molecule has 4 rings (SSSR count). The summed E-state index contributed by atoms with van der Waals surface area (Å²) in [6.07, 6.45) is 1.36. The molecule has 0 aliphatic carbocycles. The van der Waals surface area contributed by atoms with Crippen molar-refractivity contribution >= 4 is 11.6 Å². The fourth-order valence-corrected chi connectivity index (χ4v) is 2.76. The average Bonchev–Trinajstić information content (AvgIpc) is 3.29. The van der Waals surface area contributed by atoms with Gasteiger partial charge in [0.2, 0.25) is 5.88 Å². The Bertz CT molecular complexity index is 1170. The number of pyridine rings is 1. The molecule has 2 aromatic carbocycles. The van der Waals surface area contributed by atoms with Crippen LogP contribution in [0.3, 0.4) is 0 Å². The Labute approximate surface area is 175 Å². The van der Waals surface area contributed by atoms with Gasteiger partial charge in [-0.05, 0) is 48.5 Å². The third kappa shape index (κ3) is 4.89. The maximum absolute atomic E-state index is 12.6. The highest BCUT2D eigenvalue weighted by molar-refractivity contribution is 6.04. The molecule has 156 valence electrons. The summed E-state index contributed by atoms with van der Waals surface area (Å²) in [4.78, 5) is 20.2. The van der Waals surface area contributed by atoms with Crippen molar-refractivity contribution < 1.29 is 22.7 Å². The molecule has 31 heavy (non-hydrogen) atoms. The highest BCUT2D eigenvalue weighted by atomic mass is 19.4. The van der Waals surface area contributed by atoms with Crippen LogP contribution in [0.5, 0.6) is 11.6 Å². The number of aromatic nitrogens is 3. The lowest BCUT2D eigenvalue weighted by atomic mass is 10.2. The minimum atomic E-state index is -4.46. The highest BCUT2D eigenvalue weighted by Gasteiger charge is 2.30. The number of nitrogens with zero attached hydrogens (tertiary/aromatic N) is 3. The van der Waals surface area contributed by atoms with Crippen LogP contribution in [0.25, 0.3) is 5.69 Å². The van der Waals surface area contributed by atoms with Crippen LogP contribution in [-0.4, -0.2) is 20.4 Å². The normalized spacial score (nSPS) is 11.2. The molecule has 6 nitrogen and oxygen atoms in total. The van der Waals surface area contributed by atoms with Crippen LogP contribution >= 0.6 is 0 Å². The summed E-state index contributed by atoms with van der Waals surface area (Å²) < 4.78 is 45.0. The molecule has 9 heteroatoms. The second kappa shape index (κ2) is 8.31. The highest BCUT2D eigenvalue weighted by Crippen LogP contribution is 2.30. The smallest absolute Gasteiger partial charge is 0.417 e. The number of rotatable bonds is 5. The molecule has 2 aromatic heterocycles. The molecule has 0 spiro atoms. The van der Waals surface area contributed by atoms with E-state index in [1.165, 1.54) is 12.1 Å². The minimum Gasteiger partial charge on any atom is -0.439 e. The van der Waals surface area contributed by atoms with Gasteiger partial charge in [-0.25, -0.2) is 9.97 Å². The van der Waals surface area contributed by atoms with Gasteiger partial charge < -0.3 is 14.6 Å². The van der Waals surface area contributed by atoms with E-state index in [2.05, 4.69) is 15.3 Å². The predicted octanol–water partition coefficient (Wildman–Crippen LogP) is 5.33. The number of ether oxygens (including phenoxy) is 1. The molecule has 0 fully saturated rings. The first-order valence-corrected chi connectivity index (χ1v) is 9.09. The maximum atomic E-state index is 12.6. The fraction of sp³-hybridized carbons (Fsp3) is 0.0455. The number of imidazole rings is 1. The van der Waals surface area contributed by atoms with Crippen molar-refractivity contribution in [1.82, 2.24) is 14.5 Å². The first kappa shape index (κ1) is 20.1. The summed E-state index contributed by atoms with van der Waals surface area (Å²) in [5.41, 5.74) is 0.998. The number of nitrogens with one attached hydrogen (secondary N) is 1. The van der Waals surface area contributed by atoms with Gasteiger partial charge in [-0.3, -0.25) is 4.79 Å². The maximum Gasteiger partial charge on any atom is 0.417 e. The number of halogens is 3. The number of hydrogen-bond acceptors (Lipinski definition) is 4. The minimum absolute atomic E-state index is 0.0153. The quantitative estimate of drug-likeness (QED) is 0.470. The van der Waals surface area contributed by atoms with Crippen molar-refractivity contribution in [1.29, 1.82) is 0 Å². The lowest BCUT2D eigenvalue weighted by Crippen LogP contribution is -2.12. The number of anilines is 1. The van der Waals surface area contributed by atoms with E-state index in [-0.39, 0.29) is 11.8 Å². The number of carbonyl (C=O) groups excluding carboxylic acids is 1. The van der Waals surface area contributed by atoms with Crippen LogP contribution in [0.1, 0.15) is 15.9 Å². The Morgan fingerprint density at radius 1 is 1.03 bits per heavy atom. The summed E-state index contributed by atoms with van der Waals surface area (Å²) in [5, 5.41) is 2.82. The zero-order chi connectivity index (χ0) is 21.8. The van der Waals surface area contributed by atoms with Gasteiger partial charge in [0.1, 0.15) is 5.75 Å². The van der Waals surface area contributed by atoms with Crippen LogP contribution in [0.15, 0.2) is 85.6 Å². The van der Waals surface area contributed by atoms with Gasteiger partial charge in [-0.1, -0.05) is 6.07 Å². The Balaban J connectivity index is 1.41. The van der Waals surface area contributed by atoms with Crippen LogP contribution < -0.4 is 10.1 Å². The topological polar surface area (TPSA) is 69.0 Å². The van der Waals surface area contributed by atoms with E-state index in [1.54, 1.807) is 36.9 Å². The fourth-order valence-electron chi connectivity index (χ4n) is 2.76. The number of amides is 1. The molecule has 2 heterocycles. The molecule has 0 unspecified atom stereocenters. The Morgan fingerprint density at radius 2 is 1.84 bits per heavy atom. The lowest BCUT2D eigenvalue weighted by Gasteiger charge is -2.10. The summed E-state index contributed by atoms with van der Waals surface area (Å²) in [5.74, 6) is 0.0365. The van der Waals surface area contributed by atoms with Gasteiger partial charge in [-0.2, -0.15) is 13.2 Å². The van der Waals surface area contributed by atoms with Crippen molar-refractivity contribution in [3.05, 3.63) is 96.7 Å². The Kier molecular flexibility index (Phi) is 5.40. The molecule has 0 radical (unpaired) electrons. The molecule has 0 aliphatic rings. The number of hydrogen-bond donors (Lipinski definition) is 1. The Hall–Kier alpha value is -4.14. The molecular weight excluding hydrogens is 409 g/mol. The average molecular weight is 424 g/mol. The summed E-state index contributed by atoms with van der Waals surface area (Å²) in [6, 6.07) is 15.5. The number of carbonyl (C=O) groups is 1. The van der Waals surface area contributed by atoms with Crippen LogP contribution in [0.2, 0.25) is 0 Å². The molecule has 0 saturated carbocycles. The van der Waals surface area contributed by atoms with Crippen molar-refractivity contribution in [2.45, 2.75) is 6.18 Å². The van der Waals surface area contributed by atoms with E-state index in [0.29, 0.717) is 23.2 Å². The predicted molar refractivity (Wildman–Crippen MR) is 107 cm³/mol.